The number of hydrogen-bond donors (Lipinski definition) is 1. The van der Waals surface area contributed by atoms with Gasteiger partial charge in [-0.15, -0.1) is 12.4 Å². The van der Waals surface area contributed by atoms with Crippen LogP contribution in [0.3, 0.4) is 0 Å². The van der Waals surface area contributed by atoms with Crippen molar-refractivity contribution in [2.24, 2.45) is 5.92 Å². The molecule has 0 spiro atoms. The first kappa shape index (κ1) is 10.3. The van der Waals surface area contributed by atoms with Crippen LogP contribution in [0.2, 0.25) is 0 Å². The van der Waals surface area contributed by atoms with Gasteiger partial charge in [0.25, 0.3) is 0 Å². The van der Waals surface area contributed by atoms with Gasteiger partial charge in [0.15, 0.2) is 0 Å². The number of benzene rings is 1. The average molecular weight is 202 g/mol. The van der Waals surface area contributed by atoms with Crippen molar-refractivity contribution in [1.29, 1.82) is 0 Å². The van der Waals surface area contributed by atoms with Crippen molar-refractivity contribution in [3.8, 4) is 0 Å². The Morgan fingerprint density at radius 3 is 3.00 bits per heavy atom. The molecule has 1 aliphatic rings. The van der Waals surface area contributed by atoms with Crippen molar-refractivity contribution in [1.82, 2.24) is 0 Å². The van der Waals surface area contributed by atoms with Gasteiger partial charge >= 0.3 is 0 Å². The van der Waals surface area contributed by atoms with Crippen molar-refractivity contribution in [2.75, 3.05) is 11.9 Å². The number of rotatable bonds is 0. The molecule has 0 aromatic heterocycles. The summed E-state index contributed by atoms with van der Waals surface area (Å²) in [4.78, 5) is 0. The molecule has 0 aliphatic carbocycles. The maximum absolute atomic E-state index is 13.1. The zero-order valence-electron chi connectivity index (χ0n) is 7.51. The Morgan fingerprint density at radius 2 is 2.23 bits per heavy atom. The monoisotopic (exact) mass is 201 g/mol. The maximum Gasteiger partial charge on any atom is 0.146 e. The Hall–Kier alpha value is -0.760. The predicted octanol–water partition coefficient (Wildman–Crippen LogP) is 2.85. The summed E-state index contributed by atoms with van der Waals surface area (Å²) in [5.41, 5.74) is 1.81. The number of nitrogens with one attached hydrogen (secondary N) is 1. The smallest absolute Gasteiger partial charge is 0.146 e. The number of anilines is 1. The third-order valence-electron chi connectivity index (χ3n) is 2.30. The van der Waals surface area contributed by atoms with E-state index in [1.54, 1.807) is 6.07 Å². The number of para-hydroxylation sites is 1. The minimum atomic E-state index is -0.126. The number of hydrogen-bond acceptors (Lipinski definition) is 1. The molecule has 1 aromatic rings. The van der Waals surface area contributed by atoms with Crippen molar-refractivity contribution >= 4 is 18.1 Å². The summed E-state index contributed by atoms with van der Waals surface area (Å²) in [6.45, 7) is 3.05. The molecule has 0 saturated carbocycles. The fourth-order valence-corrected chi connectivity index (χ4v) is 1.66. The van der Waals surface area contributed by atoms with Gasteiger partial charge in [0.05, 0.1) is 5.69 Å². The van der Waals surface area contributed by atoms with Gasteiger partial charge < -0.3 is 5.32 Å². The van der Waals surface area contributed by atoms with Crippen LogP contribution in [0, 0.1) is 11.7 Å². The largest absolute Gasteiger partial charge is 0.382 e. The summed E-state index contributed by atoms with van der Waals surface area (Å²) in [5.74, 6) is 0.485. The summed E-state index contributed by atoms with van der Waals surface area (Å²) in [6.07, 6.45) is 0.986. The lowest BCUT2D eigenvalue weighted by Gasteiger charge is -2.23. The lowest BCUT2D eigenvalue weighted by molar-refractivity contribution is 0.572. The Morgan fingerprint density at radius 1 is 1.46 bits per heavy atom. The summed E-state index contributed by atoms with van der Waals surface area (Å²) >= 11 is 0. The van der Waals surface area contributed by atoms with Crippen LogP contribution in [-0.2, 0) is 6.42 Å². The van der Waals surface area contributed by atoms with Crippen LogP contribution in [0.5, 0.6) is 0 Å². The van der Waals surface area contributed by atoms with Gasteiger partial charge in [0.1, 0.15) is 5.82 Å². The molecular formula is C10H13ClFN. The second kappa shape index (κ2) is 3.97. The van der Waals surface area contributed by atoms with Gasteiger partial charge in [0.2, 0.25) is 0 Å². The molecule has 0 bridgehead atoms. The minimum Gasteiger partial charge on any atom is -0.382 e. The normalized spacial score (nSPS) is 19.7. The van der Waals surface area contributed by atoms with Gasteiger partial charge in [-0.05, 0) is 24.0 Å². The second-order valence-corrected chi connectivity index (χ2v) is 3.46. The fourth-order valence-electron chi connectivity index (χ4n) is 1.66. The quantitative estimate of drug-likeness (QED) is 0.681. The second-order valence-electron chi connectivity index (χ2n) is 3.46. The molecule has 0 saturated heterocycles. The molecular weight excluding hydrogens is 189 g/mol. The molecule has 0 amide bonds. The van der Waals surface area contributed by atoms with Crippen molar-refractivity contribution in [3.63, 3.8) is 0 Å². The highest BCUT2D eigenvalue weighted by Gasteiger charge is 2.16. The first-order valence-corrected chi connectivity index (χ1v) is 4.28. The van der Waals surface area contributed by atoms with Gasteiger partial charge in [-0.25, -0.2) is 4.39 Å². The van der Waals surface area contributed by atoms with Crippen LogP contribution in [0.25, 0.3) is 0 Å². The maximum atomic E-state index is 13.1. The molecule has 1 N–H and O–H groups in total. The van der Waals surface area contributed by atoms with E-state index in [1.165, 1.54) is 6.07 Å². The Bertz CT molecular complexity index is 301. The highest BCUT2D eigenvalue weighted by Crippen LogP contribution is 2.26. The molecule has 2 rings (SSSR count). The molecule has 1 unspecified atom stereocenters. The molecule has 13 heavy (non-hydrogen) atoms. The predicted molar refractivity (Wildman–Crippen MR) is 55.0 cm³/mol. The SMILES string of the molecule is CC1CNc2c(F)cccc2C1.Cl. The first-order chi connectivity index (χ1) is 5.77. The Kier molecular flexibility index (Phi) is 3.15. The summed E-state index contributed by atoms with van der Waals surface area (Å²) < 4.78 is 13.1. The number of fused-ring (bicyclic) bond motifs is 1. The van der Waals surface area contributed by atoms with Crippen LogP contribution in [0.15, 0.2) is 18.2 Å². The van der Waals surface area contributed by atoms with Gasteiger partial charge in [0, 0.05) is 6.54 Å². The molecule has 1 aliphatic heterocycles. The lowest BCUT2D eigenvalue weighted by Crippen LogP contribution is -2.21. The standard InChI is InChI=1S/C10H12FN.ClH/c1-7-5-8-3-2-4-9(11)10(8)12-6-7;/h2-4,7,12H,5-6H2,1H3;1H. The van der Waals surface area contributed by atoms with Crippen LogP contribution < -0.4 is 5.32 Å². The van der Waals surface area contributed by atoms with Crippen LogP contribution >= 0.6 is 12.4 Å². The zero-order chi connectivity index (χ0) is 8.55. The topological polar surface area (TPSA) is 12.0 Å². The third kappa shape index (κ3) is 1.94. The Balaban J connectivity index is 0.000000845. The summed E-state index contributed by atoms with van der Waals surface area (Å²) in [5, 5.41) is 3.11. The molecule has 3 heteroatoms. The molecule has 1 aromatic carbocycles. The van der Waals surface area contributed by atoms with Gasteiger partial charge in [-0.3, -0.25) is 0 Å². The highest BCUT2D eigenvalue weighted by atomic mass is 35.5. The minimum absolute atomic E-state index is 0. The van der Waals surface area contributed by atoms with E-state index in [0.29, 0.717) is 11.6 Å². The third-order valence-corrected chi connectivity index (χ3v) is 2.30. The van der Waals surface area contributed by atoms with E-state index in [0.717, 1.165) is 18.5 Å². The van der Waals surface area contributed by atoms with Gasteiger partial charge in [-0.1, -0.05) is 19.1 Å². The lowest BCUT2D eigenvalue weighted by atomic mass is 9.95. The van der Waals surface area contributed by atoms with E-state index < -0.39 is 0 Å². The average Bonchev–Trinajstić information content (AvgIpc) is 2.04. The fraction of sp³-hybridized carbons (Fsp3) is 0.400. The van der Waals surface area contributed by atoms with E-state index >= 15 is 0 Å². The van der Waals surface area contributed by atoms with Crippen molar-refractivity contribution in [3.05, 3.63) is 29.6 Å². The van der Waals surface area contributed by atoms with Crippen LogP contribution in [0.1, 0.15) is 12.5 Å². The molecule has 1 heterocycles. The first-order valence-electron chi connectivity index (χ1n) is 4.28. The molecule has 1 nitrogen and oxygen atoms in total. The molecule has 1 atom stereocenters. The van der Waals surface area contributed by atoms with Crippen molar-refractivity contribution < 1.29 is 4.39 Å². The van der Waals surface area contributed by atoms with E-state index in [9.17, 15) is 4.39 Å². The van der Waals surface area contributed by atoms with Crippen LogP contribution in [-0.4, -0.2) is 6.54 Å². The zero-order valence-corrected chi connectivity index (χ0v) is 8.33. The summed E-state index contributed by atoms with van der Waals surface area (Å²) in [6, 6.07) is 5.26. The van der Waals surface area contributed by atoms with E-state index in [1.807, 2.05) is 6.07 Å². The van der Waals surface area contributed by atoms with E-state index in [4.69, 9.17) is 0 Å². The van der Waals surface area contributed by atoms with Gasteiger partial charge in [-0.2, -0.15) is 0 Å². The molecule has 0 radical (unpaired) electrons. The Labute approximate surface area is 83.8 Å². The van der Waals surface area contributed by atoms with Crippen molar-refractivity contribution in [2.45, 2.75) is 13.3 Å². The molecule has 72 valence electrons. The van der Waals surface area contributed by atoms with Crippen LogP contribution in [0.4, 0.5) is 10.1 Å². The summed E-state index contributed by atoms with van der Waals surface area (Å²) in [7, 11) is 0. The van der Waals surface area contributed by atoms with E-state index in [2.05, 4.69) is 12.2 Å². The van der Waals surface area contributed by atoms with E-state index in [-0.39, 0.29) is 18.2 Å². The number of halogens is 2. The molecule has 0 fully saturated rings. The highest BCUT2D eigenvalue weighted by molar-refractivity contribution is 5.85.